The first-order valence-electron chi connectivity index (χ1n) is 1.63. The van der Waals surface area contributed by atoms with E-state index in [0.717, 1.165) is 0 Å². The number of esters is 1. The number of hydrogen-bond acceptors (Lipinski definition) is 3. The van der Waals surface area contributed by atoms with Gasteiger partial charge in [-0.15, -0.1) is 0 Å². The van der Waals surface area contributed by atoms with Crippen LogP contribution in [0, 0.1) is 0 Å². The Morgan fingerprint density at radius 3 is 2.57 bits per heavy atom. The van der Waals surface area contributed by atoms with Crippen molar-refractivity contribution in [1.29, 1.82) is 0 Å². The van der Waals surface area contributed by atoms with Crippen LogP contribution in [0.3, 0.4) is 0 Å². The molecule has 4 heteroatoms. The first-order valence-corrected chi connectivity index (χ1v) is 2.76. The Morgan fingerprint density at radius 1 is 1.86 bits per heavy atom. The lowest BCUT2D eigenvalue weighted by atomic mass is 10.8. The van der Waals surface area contributed by atoms with E-state index in [1.54, 1.807) is 0 Å². The molecule has 0 aromatic rings. The molecule has 0 aliphatic rings. The summed E-state index contributed by atoms with van der Waals surface area (Å²) in [6.45, 7) is -0.537. The predicted molar refractivity (Wildman–Crippen MR) is 27.0 cm³/mol. The van der Waals surface area contributed by atoms with Gasteiger partial charge in [0.05, 0.1) is 0 Å². The molecule has 0 aliphatic heterocycles. The van der Waals surface area contributed by atoms with Gasteiger partial charge in [0.25, 0.3) is 0 Å². The molecule has 0 saturated heterocycles. The number of ether oxygens (including phenoxy) is 1. The van der Waals surface area contributed by atoms with Gasteiger partial charge in [0.2, 0.25) is 0 Å². The molecule has 0 rings (SSSR count). The second-order valence-electron chi connectivity index (χ2n) is 0.779. The first kappa shape index (κ1) is 6.91. The summed E-state index contributed by atoms with van der Waals surface area (Å²) in [6.07, 6.45) is 0. The fraction of sp³-hybridized carbons (Fsp3) is 0.667. The highest BCUT2D eigenvalue weighted by atomic mass is 79.9. The van der Waals surface area contributed by atoms with Crippen molar-refractivity contribution in [3.8, 4) is 0 Å². The lowest BCUT2D eigenvalue weighted by Crippen LogP contribution is -2.05. The third kappa shape index (κ3) is 3.75. The summed E-state index contributed by atoms with van der Waals surface area (Å²) < 4.78 is 4.06. The molecule has 1 N–H and O–H groups in total. The molecule has 42 valence electrons. The molecule has 7 heavy (non-hydrogen) atoms. The molecule has 0 bridgehead atoms. The van der Waals surface area contributed by atoms with Crippen LogP contribution >= 0.6 is 15.9 Å². The zero-order valence-corrected chi connectivity index (χ0v) is 5.14. The normalized spacial score (nSPS) is 8.29. The molecule has 0 saturated carbocycles. The van der Waals surface area contributed by atoms with Gasteiger partial charge in [-0.3, -0.25) is 4.79 Å². The minimum absolute atomic E-state index is 0.133. The average Bonchev–Trinajstić information content (AvgIpc) is 1.68. The molecule has 0 fully saturated rings. The molecular weight excluding hydrogens is 164 g/mol. The van der Waals surface area contributed by atoms with Crippen LogP contribution in [0.2, 0.25) is 0 Å². The Hall–Kier alpha value is -0.0900. The van der Waals surface area contributed by atoms with Gasteiger partial charge in [-0.05, 0) is 0 Å². The Morgan fingerprint density at radius 2 is 2.43 bits per heavy atom. The van der Waals surface area contributed by atoms with E-state index in [1.807, 2.05) is 0 Å². The van der Waals surface area contributed by atoms with Crippen LogP contribution in [0.4, 0.5) is 0 Å². The minimum atomic E-state index is -0.537. The van der Waals surface area contributed by atoms with E-state index < -0.39 is 12.8 Å². The summed E-state index contributed by atoms with van der Waals surface area (Å²) in [5.74, 6) is -0.456. The zero-order valence-electron chi connectivity index (χ0n) is 3.56. The maximum atomic E-state index is 9.98. The van der Waals surface area contributed by atoms with Crippen molar-refractivity contribution in [2.45, 2.75) is 0 Å². The summed E-state index contributed by atoms with van der Waals surface area (Å²) in [7, 11) is 0. The third-order valence-electron chi connectivity index (χ3n) is 0.335. The summed E-state index contributed by atoms with van der Waals surface area (Å²) >= 11 is 2.83. The first-order chi connectivity index (χ1) is 3.31. The molecule has 0 aliphatic carbocycles. The second kappa shape index (κ2) is 4.08. The van der Waals surface area contributed by atoms with Crippen molar-refractivity contribution in [3.63, 3.8) is 0 Å². The Balaban J connectivity index is 3.00. The van der Waals surface area contributed by atoms with Crippen LogP contribution in [0.1, 0.15) is 0 Å². The molecule has 0 unspecified atom stereocenters. The van der Waals surface area contributed by atoms with Gasteiger partial charge in [0.15, 0.2) is 6.79 Å². The van der Waals surface area contributed by atoms with E-state index in [0.29, 0.717) is 0 Å². The number of hydrogen-bond donors (Lipinski definition) is 1. The van der Waals surface area contributed by atoms with Crippen molar-refractivity contribution < 1.29 is 14.6 Å². The number of rotatable bonds is 2. The maximum absolute atomic E-state index is 9.98. The molecule has 0 spiro atoms. The van der Waals surface area contributed by atoms with Crippen LogP contribution in [-0.4, -0.2) is 23.2 Å². The molecule has 0 heterocycles. The monoisotopic (exact) mass is 168 g/mol. The molecule has 0 aromatic heterocycles. The Bertz CT molecular complexity index is 63.2. The zero-order chi connectivity index (χ0) is 5.70. The lowest BCUT2D eigenvalue weighted by Gasteiger charge is -1.92. The number of alkyl halides is 1. The highest BCUT2D eigenvalue weighted by molar-refractivity contribution is 9.09. The second-order valence-corrected chi connectivity index (χ2v) is 1.34. The number of aliphatic hydroxyl groups is 1. The van der Waals surface area contributed by atoms with Gasteiger partial charge < -0.3 is 9.84 Å². The van der Waals surface area contributed by atoms with E-state index in [1.165, 1.54) is 0 Å². The summed E-state index contributed by atoms with van der Waals surface area (Å²) in [4.78, 5) is 9.98. The highest BCUT2D eigenvalue weighted by Gasteiger charge is 1.93. The largest absolute Gasteiger partial charge is 0.438 e. The SMILES string of the molecule is O=C(CBr)OCO. The van der Waals surface area contributed by atoms with Crippen molar-refractivity contribution >= 4 is 21.9 Å². The fourth-order valence-corrected chi connectivity index (χ4v) is 0.272. The molecular formula is C3H5BrO3. The Kier molecular flexibility index (Phi) is 4.03. The minimum Gasteiger partial charge on any atom is -0.438 e. The van der Waals surface area contributed by atoms with Crippen molar-refractivity contribution in [1.82, 2.24) is 0 Å². The van der Waals surface area contributed by atoms with E-state index in [4.69, 9.17) is 5.11 Å². The number of carbonyl (C=O) groups excluding carboxylic acids is 1. The van der Waals surface area contributed by atoms with Crippen molar-refractivity contribution in [2.75, 3.05) is 12.1 Å². The summed E-state index contributed by atoms with van der Waals surface area (Å²) in [5.41, 5.74) is 0. The van der Waals surface area contributed by atoms with Crippen molar-refractivity contribution in [3.05, 3.63) is 0 Å². The number of aliphatic hydroxyl groups excluding tert-OH is 1. The third-order valence-corrected chi connectivity index (χ3v) is 0.792. The van der Waals surface area contributed by atoms with Crippen LogP contribution in [0.5, 0.6) is 0 Å². The fourth-order valence-electron chi connectivity index (χ4n) is 0.111. The maximum Gasteiger partial charge on any atom is 0.318 e. The van der Waals surface area contributed by atoms with E-state index in [2.05, 4.69) is 20.7 Å². The molecule has 0 atom stereocenters. The topological polar surface area (TPSA) is 46.5 Å². The van der Waals surface area contributed by atoms with Gasteiger partial charge in [-0.25, -0.2) is 0 Å². The quantitative estimate of drug-likeness (QED) is 0.356. The summed E-state index contributed by atoms with van der Waals surface area (Å²) in [5, 5.41) is 8.04. The number of halogens is 1. The van der Waals surface area contributed by atoms with Crippen molar-refractivity contribution in [2.24, 2.45) is 0 Å². The summed E-state index contributed by atoms with van der Waals surface area (Å²) in [6, 6.07) is 0. The van der Waals surface area contributed by atoms with E-state index >= 15 is 0 Å². The Labute approximate surface area is 49.4 Å². The number of carbonyl (C=O) groups is 1. The molecule has 3 nitrogen and oxygen atoms in total. The lowest BCUT2D eigenvalue weighted by molar-refractivity contribution is -0.148. The van der Waals surface area contributed by atoms with Crippen LogP contribution in [0.15, 0.2) is 0 Å². The smallest absolute Gasteiger partial charge is 0.318 e. The van der Waals surface area contributed by atoms with Crippen LogP contribution in [0.25, 0.3) is 0 Å². The molecule has 0 radical (unpaired) electrons. The highest BCUT2D eigenvalue weighted by Crippen LogP contribution is 1.81. The molecule has 0 amide bonds. The predicted octanol–water partition coefficient (Wildman–Crippen LogP) is -0.126. The van der Waals surface area contributed by atoms with Gasteiger partial charge in [0, 0.05) is 0 Å². The van der Waals surface area contributed by atoms with Crippen LogP contribution in [-0.2, 0) is 9.53 Å². The standard InChI is InChI=1S/C3H5BrO3/c4-1-3(6)7-2-5/h5H,1-2H2. The van der Waals surface area contributed by atoms with Crippen LogP contribution < -0.4 is 0 Å². The van der Waals surface area contributed by atoms with Gasteiger partial charge in [-0.2, -0.15) is 0 Å². The van der Waals surface area contributed by atoms with E-state index in [9.17, 15) is 4.79 Å². The van der Waals surface area contributed by atoms with Gasteiger partial charge in [-0.1, -0.05) is 15.9 Å². The average molecular weight is 169 g/mol. The van der Waals surface area contributed by atoms with Gasteiger partial charge >= 0.3 is 5.97 Å². The molecule has 0 aromatic carbocycles. The van der Waals surface area contributed by atoms with E-state index in [-0.39, 0.29) is 5.33 Å². The van der Waals surface area contributed by atoms with Gasteiger partial charge in [0.1, 0.15) is 5.33 Å².